The molecule has 11 rings (SSSR count). The molecule has 0 aliphatic carbocycles. The molecule has 256 valence electrons. The fourth-order valence-electron chi connectivity index (χ4n) is 7.80. The van der Waals surface area contributed by atoms with Crippen molar-refractivity contribution in [3.8, 4) is 56.4 Å². The van der Waals surface area contributed by atoms with Crippen LogP contribution in [0.3, 0.4) is 0 Å². The van der Waals surface area contributed by atoms with Crippen LogP contribution in [-0.4, -0.2) is 15.0 Å². The van der Waals surface area contributed by atoms with Crippen LogP contribution in [0.1, 0.15) is 6.85 Å². The molecule has 0 N–H and O–H groups in total. The molecule has 2 aromatic heterocycles. The van der Waals surface area contributed by atoms with Crippen molar-refractivity contribution in [2.75, 3.05) is 0 Å². The smallest absolute Gasteiger partial charge is 0.164 e. The van der Waals surface area contributed by atoms with Crippen LogP contribution in [0.5, 0.6) is 0 Å². The monoisotopic (exact) mass is 706 g/mol. The summed E-state index contributed by atoms with van der Waals surface area (Å²) in [6, 6.07) is 51.1. The Hall–Kier alpha value is -7.43. The zero-order valence-electron chi connectivity index (χ0n) is 34.3. The van der Waals surface area contributed by atoms with Gasteiger partial charge in [-0.2, -0.15) is 0 Å². The maximum absolute atomic E-state index is 8.57. The molecule has 0 bridgehead atoms. The van der Waals surface area contributed by atoms with Gasteiger partial charge < -0.3 is 4.42 Å². The first-order valence-electron chi connectivity index (χ1n) is 20.6. The Bertz CT molecular complexity index is 3500. The molecule has 0 fully saturated rings. The van der Waals surface area contributed by atoms with E-state index in [1.165, 1.54) is 32.3 Å². The van der Waals surface area contributed by atoms with Crippen LogP contribution < -0.4 is 0 Å². The van der Waals surface area contributed by atoms with Crippen molar-refractivity contribution < 1.29 is 11.3 Å². The predicted octanol–water partition coefficient (Wildman–Crippen LogP) is 13.6. The van der Waals surface area contributed by atoms with Gasteiger partial charge >= 0.3 is 0 Å². The van der Waals surface area contributed by atoms with Gasteiger partial charge in [0.25, 0.3) is 0 Å². The average molecular weight is 707 g/mol. The number of aromatic nitrogens is 3. The second-order valence-corrected chi connectivity index (χ2v) is 13.6. The van der Waals surface area contributed by atoms with Gasteiger partial charge in [0, 0.05) is 33.0 Å². The Kier molecular flexibility index (Phi) is 6.04. The van der Waals surface area contributed by atoms with Crippen LogP contribution in [0.2, 0.25) is 0 Å². The number of hydrogen-bond donors (Lipinski definition) is 0. The summed E-state index contributed by atoms with van der Waals surface area (Å²) in [6.07, 6.45) is 0. The maximum Gasteiger partial charge on any atom is 0.164 e. The molecular weight excluding hydrogens is 671 g/mol. The average Bonchev–Trinajstić information content (AvgIpc) is 3.69. The van der Waals surface area contributed by atoms with E-state index in [1.807, 2.05) is 54.6 Å². The number of nitrogens with zero attached hydrogens (tertiary/aromatic N) is 3. The van der Waals surface area contributed by atoms with E-state index in [0.29, 0.717) is 34.2 Å². The first kappa shape index (κ1) is 26.4. The zero-order chi connectivity index (χ0) is 40.6. The van der Waals surface area contributed by atoms with Gasteiger partial charge in [0.2, 0.25) is 0 Å². The highest BCUT2D eigenvalue weighted by atomic mass is 16.3. The van der Waals surface area contributed by atoms with Crippen molar-refractivity contribution >= 4 is 54.3 Å². The largest absolute Gasteiger partial charge is 0.455 e. The summed E-state index contributed by atoms with van der Waals surface area (Å²) < 4.78 is 48.4. The summed E-state index contributed by atoms with van der Waals surface area (Å²) in [5.74, 6) is 1.27. The molecule has 2 heterocycles. The quantitative estimate of drug-likeness (QED) is 0.167. The van der Waals surface area contributed by atoms with Gasteiger partial charge in [0.15, 0.2) is 17.5 Å². The van der Waals surface area contributed by atoms with Gasteiger partial charge in [-0.1, -0.05) is 164 Å². The summed E-state index contributed by atoms with van der Waals surface area (Å²) in [4.78, 5) is 14.8. The van der Waals surface area contributed by atoms with Crippen molar-refractivity contribution in [1.82, 2.24) is 15.0 Å². The number of para-hydroxylation sites is 1. The number of rotatable bonds is 5. The third-order valence-corrected chi connectivity index (χ3v) is 10.4. The first-order valence-corrected chi connectivity index (χ1v) is 18.1. The van der Waals surface area contributed by atoms with Crippen molar-refractivity contribution in [3.63, 3.8) is 0 Å². The molecule has 0 aliphatic rings. The molecule has 11 aromatic rings. The lowest BCUT2D eigenvalue weighted by Crippen LogP contribution is -2.00. The molecule has 9 aromatic carbocycles. The lowest BCUT2D eigenvalue weighted by atomic mass is 9.92. The summed E-state index contributed by atoms with van der Waals surface area (Å²) in [5.41, 5.74) is 6.25. The molecular formula is C51H31N3O. The highest BCUT2D eigenvalue weighted by Crippen LogP contribution is 2.41. The second kappa shape index (κ2) is 12.6. The van der Waals surface area contributed by atoms with Crippen LogP contribution in [0.15, 0.2) is 192 Å². The molecule has 0 saturated carbocycles. The normalized spacial score (nSPS) is 12.9. The van der Waals surface area contributed by atoms with E-state index in [1.54, 1.807) is 18.2 Å². The van der Waals surface area contributed by atoms with Crippen LogP contribution >= 0.6 is 0 Å². The Morgan fingerprint density at radius 3 is 1.60 bits per heavy atom. The van der Waals surface area contributed by atoms with E-state index in [9.17, 15) is 0 Å². The van der Waals surface area contributed by atoms with E-state index in [2.05, 4.69) is 84.9 Å². The molecule has 0 aliphatic heterocycles. The number of benzene rings is 9. The summed E-state index contributed by atoms with van der Waals surface area (Å²) in [6.45, 7) is 0. The third-order valence-electron chi connectivity index (χ3n) is 10.4. The summed E-state index contributed by atoms with van der Waals surface area (Å²) in [7, 11) is 0. The van der Waals surface area contributed by atoms with Crippen LogP contribution in [0.25, 0.3) is 111 Å². The predicted molar refractivity (Wildman–Crippen MR) is 227 cm³/mol. The van der Waals surface area contributed by atoms with E-state index in [4.69, 9.17) is 26.2 Å². The highest BCUT2D eigenvalue weighted by Gasteiger charge is 2.18. The Labute approximate surface area is 324 Å². The molecule has 0 spiro atoms. The fourth-order valence-corrected chi connectivity index (χ4v) is 7.80. The molecule has 55 heavy (non-hydrogen) atoms. The van der Waals surface area contributed by atoms with Gasteiger partial charge in [-0.05, 0) is 73.3 Å². The summed E-state index contributed by atoms with van der Waals surface area (Å²) >= 11 is 0. The Balaban J connectivity index is 1.05. The number of fused-ring (bicyclic) bond motifs is 9. The zero-order valence-corrected chi connectivity index (χ0v) is 29.3. The van der Waals surface area contributed by atoms with Gasteiger partial charge in [0.1, 0.15) is 11.2 Å². The van der Waals surface area contributed by atoms with Gasteiger partial charge in [-0.3, -0.25) is 0 Å². The van der Waals surface area contributed by atoms with Crippen molar-refractivity contribution in [3.05, 3.63) is 188 Å². The lowest BCUT2D eigenvalue weighted by Gasteiger charge is -2.12. The standard InChI is InChI=1S/C51H31N3O/c1-3-13-32(14-4-1)34-17-11-18-36(29-34)50-52-49(33-15-5-2-6-16-33)53-51(54-50)37-26-28-44-45-24-12-23-38(48(45)55-47(44)31-37)35-25-27-43-41-21-8-7-19-39(41)40-20-9-10-22-42(40)46(43)30-35/h1-31H/i1D,3D,4D,13D,14D. The van der Waals surface area contributed by atoms with Crippen molar-refractivity contribution in [1.29, 1.82) is 0 Å². The molecule has 4 heteroatoms. The van der Waals surface area contributed by atoms with E-state index >= 15 is 0 Å². The second-order valence-electron chi connectivity index (χ2n) is 13.6. The molecule has 0 unspecified atom stereocenters. The van der Waals surface area contributed by atoms with Crippen molar-refractivity contribution in [2.24, 2.45) is 0 Å². The number of hydrogen-bond acceptors (Lipinski definition) is 4. The molecule has 4 nitrogen and oxygen atoms in total. The topological polar surface area (TPSA) is 51.8 Å². The van der Waals surface area contributed by atoms with Gasteiger partial charge in [-0.25, -0.2) is 15.0 Å². The summed E-state index contributed by atoms with van der Waals surface area (Å²) in [5, 5.41) is 9.28. The van der Waals surface area contributed by atoms with E-state index in [-0.39, 0.29) is 17.6 Å². The van der Waals surface area contributed by atoms with Crippen LogP contribution in [-0.2, 0) is 0 Å². The SMILES string of the molecule is [2H]c1c([2H])c([2H])c(-c2cccc(-c3nc(-c4ccccc4)nc(-c4ccc5c(c4)oc4c(-c6ccc7c8ccccc8c8ccccc8c7c6)cccc45)n3)c2)c([2H])c1[2H]. The first-order chi connectivity index (χ1) is 29.3. The fraction of sp³-hybridized carbons (Fsp3) is 0. The lowest BCUT2D eigenvalue weighted by molar-refractivity contribution is 0.670. The van der Waals surface area contributed by atoms with Gasteiger partial charge in [-0.15, -0.1) is 0 Å². The molecule has 0 saturated heterocycles. The number of furan rings is 1. The molecule has 0 amide bonds. The van der Waals surface area contributed by atoms with E-state index in [0.717, 1.165) is 38.6 Å². The Morgan fingerprint density at radius 2 is 0.873 bits per heavy atom. The van der Waals surface area contributed by atoms with Crippen LogP contribution in [0.4, 0.5) is 0 Å². The Morgan fingerprint density at radius 1 is 0.345 bits per heavy atom. The minimum atomic E-state index is -0.437. The van der Waals surface area contributed by atoms with Gasteiger partial charge in [0.05, 0.1) is 6.85 Å². The maximum atomic E-state index is 8.57. The van der Waals surface area contributed by atoms with E-state index < -0.39 is 18.1 Å². The minimum absolute atomic E-state index is 0.112. The van der Waals surface area contributed by atoms with Crippen molar-refractivity contribution in [2.45, 2.75) is 0 Å². The molecule has 0 radical (unpaired) electrons. The minimum Gasteiger partial charge on any atom is -0.455 e. The van der Waals surface area contributed by atoms with Crippen LogP contribution in [0, 0.1) is 0 Å². The molecule has 0 atom stereocenters. The highest BCUT2D eigenvalue weighted by molar-refractivity contribution is 6.26. The third kappa shape index (κ3) is 5.26.